The first-order valence-corrected chi connectivity index (χ1v) is 6.16. The molecule has 0 aromatic heterocycles. The minimum atomic E-state index is -0.0394. The van der Waals surface area contributed by atoms with Crippen LogP contribution in [0.2, 0.25) is 0 Å². The normalized spacial score (nSPS) is 11.5. The monoisotopic (exact) mass is 233 g/mol. The van der Waals surface area contributed by atoms with Crippen molar-refractivity contribution in [2.45, 2.75) is 45.6 Å². The number of rotatable bonds is 8. The van der Waals surface area contributed by atoms with Gasteiger partial charge < -0.3 is 10.1 Å². The Morgan fingerprint density at radius 1 is 1.40 bits per heavy atom. The SMILES string of the molecule is CCOC(C)(C)CCCCNC(=O)CS. The molecule has 0 spiro atoms. The van der Waals surface area contributed by atoms with Gasteiger partial charge in [-0.3, -0.25) is 4.79 Å². The zero-order valence-electron chi connectivity index (χ0n) is 10.0. The molecule has 4 heteroatoms. The highest BCUT2D eigenvalue weighted by Gasteiger charge is 2.16. The van der Waals surface area contributed by atoms with E-state index in [1.807, 2.05) is 6.92 Å². The third kappa shape index (κ3) is 8.75. The van der Waals surface area contributed by atoms with Gasteiger partial charge in [-0.25, -0.2) is 0 Å². The van der Waals surface area contributed by atoms with Crippen molar-refractivity contribution in [2.75, 3.05) is 18.9 Å². The van der Waals surface area contributed by atoms with Crippen molar-refractivity contribution in [1.29, 1.82) is 0 Å². The molecule has 0 aromatic rings. The van der Waals surface area contributed by atoms with Crippen molar-refractivity contribution in [3.63, 3.8) is 0 Å². The third-order valence-corrected chi connectivity index (χ3v) is 2.49. The van der Waals surface area contributed by atoms with Crippen molar-refractivity contribution in [2.24, 2.45) is 0 Å². The molecular weight excluding hydrogens is 210 g/mol. The van der Waals surface area contributed by atoms with Crippen LogP contribution < -0.4 is 5.32 Å². The number of ether oxygens (including phenoxy) is 1. The molecule has 1 N–H and O–H groups in total. The number of amides is 1. The number of nitrogens with one attached hydrogen (secondary N) is 1. The maximum Gasteiger partial charge on any atom is 0.229 e. The summed E-state index contributed by atoms with van der Waals surface area (Å²) in [5.74, 6) is 0.271. The van der Waals surface area contributed by atoms with Crippen LogP contribution in [-0.2, 0) is 9.53 Å². The summed E-state index contributed by atoms with van der Waals surface area (Å²) in [4.78, 5) is 10.9. The number of carbonyl (C=O) groups is 1. The Labute approximate surface area is 98.4 Å². The predicted molar refractivity (Wildman–Crippen MR) is 66.4 cm³/mol. The number of hydrogen-bond acceptors (Lipinski definition) is 3. The van der Waals surface area contributed by atoms with E-state index in [1.165, 1.54) is 0 Å². The maximum absolute atomic E-state index is 10.9. The Kier molecular flexibility index (Phi) is 7.88. The lowest BCUT2D eigenvalue weighted by Gasteiger charge is -2.24. The molecule has 0 radical (unpaired) electrons. The van der Waals surface area contributed by atoms with Crippen molar-refractivity contribution >= 4 is 18.5 Å². The van der Waals surface area contributed by atoms with Crippen LogP contribution in [0.3, 0.4) is 0 Å². The molecule has 0 aromatic carbocycles. The van der Waals surface area contributed by atoms with Crippen LogP contribution in [-0.4, -0.2) is 30.4 Å². The summed E-state index contributed by atoms with van der Waals surface area (Å²) in [5.41, 5.74) is -0.0394. The molecular formula is C11H23NO2S. The smallest absolute Gasteiger partial charge is 0.229 e. The van der Waals surface area contributed by atoms with Crippen LogP contribution in [0.1, 0.15) is 40.0 Å². The van der Waals surface area contributed by atoms with Gasteiger partial charge in [0.25, 0.3) is 0 Å². The molecule has 0 atom stereocenters. The maximum atomic E-state index is 10.9. The zero-order chi connectivity index (χ0) is 11.7. The van der Waals surface area contributed by atoms with Gasteiger partial charge in [0.15, 0.2) is 0 Å². The second-order valence-electron chi connectivity index (χ2n) is 4.16. The number of thiol groups is 1. The van der Waals surface area contributed by atoms with Crippen molar-refractivity contribution in [1.82, 2.24) is 5.32 Å². The van der Waals surface area contributed by atoms with Gasteiger partial charge in [0.2, 0.25) is 5.91 Å². The first-order chi connectivity index (χ1) is 7.02. The molecule has 0 saturated heterocycles. The fourth-order valence-electron chi connectivity index (χ4n) is 1.42. The molecule has 3 nitrogen and oxygen atoms in total. The quantitative estimate of drug-likeness (QED) is 0.497. The first-order valence-electron chi connectivity index (χ1n) is 5.53. The molecule has 90 valence electrons. The van der Waals surface area contributed by atoms with E-state index in [0.29, 0.717) is 0 Å². The number of unbranched alkanes of at least 4 members (excludes halogenated alkanes) is 1. The van der Waals surface area contributed by atoms with Gasteiger partial charge >= 0.3 is 0 Å². The lowest BCUT2D eigenvalue weighted by molar-refractivity contribution is -0.118. The van der Waals surface area contributed by atoms with E-state index in [4.69, 9.17) is 4.74 Å². The number of carbonyl (C=O) groups excluding carboxylic acids is 1. The van der Waals surface area contributed by atoms with Gasteiger partial charge in [-0.15, -0.1) is 0 Å². The highest BCUT2D eigenvalue weighted by molar-refractivity contribution is 7.81. The van der Waals surface area contributed by atoms with E-state index < -0.39 is 0 Å². The van der Waals surface area contributed by atoms with Crippen LogP contribution in [0.25, 0.3) is 0 Å². The van der Waals surface area contributed by atoms with Crippen molar-refractivity contribution < 1.29 is 9.53 Å². The molecule has 0 rings (SSSR count). The average molecular weight is 233 g/mol. The summed E-state index contributed by atoms with van der Waals surface area (Å²) < 4.78 is 5.58. The van der Waals surface area contributed by atoms with E-state index in [1.54, 1.807) is 0 Å². The van der Waals surface area contributed by atoms with Crippen LogP contribution in [0.5, 0.6) is 0 Å². The largest absolute Gasteiger partial charge is 0.376 e. The Morgan fingerprint density at radius 2 is 2.07 bits per heavy atom. The molecule has 0 aliphatic carbocycles. The van der Waals surface area contributed by atoms with E-state index in [9.17, 15) is 4.79 Å². The van der Waals surface area contributed by atoms with Gasteiger partial charge in [0.05, 0.1) is 11.4 Å². The van der Waals surface area contributed by atoms with E-state index in [0.717, 1.165) is 32.4 Å². The van der Waals surface area contributed by atoms with Gasteiger partial charge in [-0.1, -0.05) is 0 Å². The molecule has 0 aliphatic rings. The number of hydrogen-bond donors (Lipinski definition) is 2. The Balaban J connectivity index is 3.41. The van der Waals surface area contributed by atoms with Gasteiger partial charge in [0.1, 0.15) is 0 Å². The second-order valence-corrected chi connectivity index (χ2v) is 4.47. The zero-order valence-corrected chi connectivity index (χ0v) is 10.9. The van der Waals surface area contributed by atoms with Crippen molar-refractivity contribution in [3.8, 4) is 0 Å². The average Bonchev–Trinajstić information content (AvgIpc) is 2.16. The Hall–Kier alpha value is -0.220. The lowest BCUT2D eigenvalue weighted by Crippen LogP contribution is -2.27. The van der Waals surface area contributed by atoms with Gasteiger partial charge in [-0.05, 0) is 40.0 Å². The second kappa shape index (κ2) is 7.99. The lowest BCUT2D eigenvalue weighted by atomic mass is 10.0. The van der Waals surface area contributed by atoms with Crippen LogP contribution in [0.4, 0.5) is 0 Å². The molecule has 0 heterocycles. The molecule has 0 bridgehead atoms. The standard InChI is InChI=1S/C11H23NO2S/c1-4-14-11(2,3)7-5-6-8-12-10(13)9-15/h15H,4-9H2,1-3H3,(H,12,13). The van der Waals surface area contributed by atoms with Crippen LogP contribution in [0, 0.1) is 0 Å². The molecule has 0 saturated carbocycles. The Morgan fingerprint density at radius 3 is 2.60 bits per heavy atom. The fourth-order valence-corrected chi connectivity index (χ4v) is 1.53. The van der Waals surface area contributed by atoms with E-state index in [2.05, 4.69) is 31.8 Å². The van der Waals surface area contributed by atoms with Crippen LogP contribution in [0.15, 0.2) is 0 Å². The molecule has 1 amide bonds. The highest BCUT2D eigenvalue weighted by atomic mass is 32.1. The summed E-state index contributed by atoms with van der Waals surface area (Å²) in [6.45, 7) is 7.70. The fraction of sp³-hybridized carbons (Fsp3) is 0.909. The minimum Gasteiger partial charge on any atom is -0.376 e. The first kappa shape index (κ1) is 14.8. The Bertz CT molecular complexity index is 183. The topological polar surface area (TPSA) is 38.3 Å². The summed E-state index contributed by atoms with van der Waals surface area (Å²) >= 11 is 3.88. The van der Waals surface area contributed by atoms with Gasteiger partial charge in [0, 0.05) is 13.2 Å². The molecule has 15 heavy (non-hydrogen) atoms. The molecule has 0 unspecified atom stereocenters. The highest BCUT2D eigenvalue weighted by Crippen LogP contribution is 2.17. The molecule has 0 fully saturated rings. The summed E-state index contributed by atoms with van der Waals surface area (Å²) in [6.07, 6.45) is 3.09. The summed E-state index contributed by atoms with van der Waals surface area (Å²) in [6, 6.07) is 0. The minimum absolute atomic E-state index is 0.00222. The third-order valence-electron chi connectivity index (χ3n) is 2.21. The predicted octanol–water partition coefficient (Wildman–Crippen LogP) is 2.02. The van der Waals surface area contributed by atoms with Gasteiger partial charge in [-0.2, -0.15) is 12.6 Å². The van der Waals surface area contributed by atoms with E-state index >= 15 is 0 Å². The summed E-state index contributed by atoms with van der Waals surface area (Å²) in [5, 5.41) is 2.79. The van der Waals surface area contributed by atoms with Crippen molar-refractivity contribution in [3.05, 3.63) is 0 Å². The van der Waals surface area contributed by atoms with E-state index in [-0.39, 0.29) is 17.3 Å². The molecule has 0 aliphatic heterocycles. The van der Waals surface area contributed by atoms with Crippen LogP contribution >= 0.6 is 12.6 Å². The summed E-state index contributed by atoms with van der Waals surface area (Å²) in [7, 11) is 0.